The van der Waals surface area contributed by atoms with Crippen molar-refractivity contribution in [1.82, 2.24) is 14.6 Å². The summed E-state index contributed by atoms with van der Waals surface area (Å²) in [6, 6.07) is 7.51. The Morgan fingerprint density at radius 2 is 1.73 bits per heavy atom. The van der Waals surface area contributed by atoms with Crippen molar-refractivity contribution in [3.8, 4) is 17.2 Å². The first-order valence-electron chi connectivity index (χ1n) is 10.3. The summed E-state index contributed by atoms with van der Waals surface area (Å²) in [5, 5.41) is 42.8. The van der Waals surface area contributed by atoms with Crippen LogP contribution in [0.3, 0.4) is 0 Å². The molecule has 4 N–H and O–H groups in total. The fourth-order valence-electron chi connectivity index (χ4n) is 3.90. The summed E-state index contributed by atoms with van der Waals surface area (Å²) in [5.74, 6) is -5.73. The molecule has 0 radical (unpaired) electrons. The Labute approximate surface area is 186 Å². The summed E-state index contributed by atoms with van der Waals surface area (Å²) >= 11 is 0. The number of piperidine rings is 1. The van der Waals surface area contributed by atoms with E-state index in [9.17, 15) is 25.2 Å². The Balaban J connectivity index is 1.27. The summed E-state index contributed by atoms with van der Waals surface area (Å²) in [7, 11) is 0. The molecule has 12 heteroatoms. The lowest BCUT2D eigenvalue weighted by molar-refractivity contribution is -0.500. The van der Waals surface area contributed by atoms with Gasteiger partial charge in [-0.1, -0.05) is 0 Å². The van der Waals surface area contributed by atoms with Crippen LogP contribution in [0.5, 0.6) is 17.2 Å². The minimum Gasteiger partial charge on any atom is -0.490 e. The normalized spacial score (nSPS) is 19.5. The van der Waals surface area contributed by atoms with Crippen LogP contribution in [0.4, 0.5) is 5.82 Å². The Kier molecular flexibility index (Phi) is 4.90. The number of aryl methyl sites for hydroxylation is 1. The number of anilines is 1. The van der Waals surface area contributed by atoms with E-state index >= 15 is 0 Å². The molecule has 0 saturated carbocycles. The van der Waals surface area contributed by atoms with Crippen molar-refractivity contribution < 1.29 is 34.6 Å². The minimum atomic E-state index is -3.34. The van der Waals surface area contributed by atoms with Crippen molar-refractivity contribution in [2.75, 3.05) is 18.0 Å². The first-order chi connectivity index (χ1) is 15.6. The number of aliphatic hydroxyl groups is 4. The Bertz CT molecular complexity index is 1270. The van der Waals surface area contributed by atoms with Crippen LogP contribution in [-0.4, -0.2) is 66.2 Å². The third kappa shape index (κ3) is 3.82. The third-order valence-corrected chi connectivity index (χ3v) is 5.63. The second-order valence-electron chi connectivity index (χ2n) is 8.04. The van der Waals surface area contributed by atoms with Crippen LogP contribution in [0.2, 0.25) is 0 Å². The molecule has 0 amide bonds. The first-order valence-corrected chi connectivity index (χ1v) is 10.3. The number of benzene rings is 1. The summed E-state index contributed by atoms with van der Waals surface area (Å²) in [6.07, 6.45) is 2.69. The van der Waals surface area contributed by atoms with Gasteiger partial charge in [0.2, 0.25) is 0 Å². The highest BCUT2D eigenvalue weighted by Crippen LogP contribution is 2.41. The average Bonchev–Trinajstić information content (AvgIpc) is 2.75. The highest BCUT2D eigenvalue weighted by atomic mass is 16.9. The lowest BCUT2D eigenvalue weighted by Gasteiger charge is -2.38. The summed E-state index contributed by atoms with van der Waals surface area (Å²) in [6.45, 7) is 3.23. The van der Waals surface area contributed by atoms with Gasteiger partial charge in [-0.15, -0.1) is 5.10 Å². The zero-order valence-electron chi connectivity index (χ0n) is 17.6. The maximum Gasteiger partial charge on any atom is 0.422 e. The van der Waals surface area contributed by atoms with E-state index in [1.54, 1.807) is 6.07 Å². The van der Waals surface area contributed by atoms with Crippen molar-refractivity contribution in [1.29, 1.82) is 0 Å². The second-order valence-corrected chi connectivity index (χ2v) is 8.04. The number of hydrogen-bond donors (Lipinski definition) is 4. The second kappa shape index (κ2) is 7.56. The van der Waals surface area contributed by atoms with Gasteiger partial charge in [-0.3, -0.25) is 4.79 Å². The van der Waals surface area contributed by atoms with E-state index in [1.165, 1.54) is 28.9 Å². The van der Waals surface area contributed by atoms with Crippen LogP contribution in [0.1, 0.15) is 18.4 Å². The van der Waals surface area contributed by atoms with Crippen LogP contribution in [0, 0.1) is 6.92 Å². The molecule has 12 nitrogen and oxygen atoms in total. The standard InChI is InChI=1S/C21H22N4O8/c1-12-10-17-22-7-4-18(26)25(17)23-19(12)24-8-5-13(6-9-24)31-14-2-3-15-16(11-14)33-21(29,30)20(27,28)32-15/h2-4,7,10-11,13,27-30H,5-6,8-9H2,1H3. The molecule has 0 atom stereocenters. The monoisotopic (exact) mass is 458 g/mol. The smallest absolute Gasteiger partial charge is 0.422 e. The number of rotatable bonds is 3. The summed E-state index contributed by atoms with van der Waals surface area (Å²) in [5.41, 5.74) is 1.17. The van der Waals surface area contributed by atoms with Gasteiger partial charge in [-0.2, -0.15) is 4.52 Å². The van der Waals surface area contributed by atoms with E-state index in [4.69, 9.17) is 14.2 Å². The number of fused-ring (bicyclic) bond motifs is 2. The number of aromatic nitrogens is 3. The molecular formula is C21H22N4O8. The molecule has 0 spiro atoms. The molecule has 2 aromatic heterocycles. The van der Waals surface area contributed by atoms with Crippen molar-refractivity contribution >= 4 is 11.5 Å². The highest BCUT2D eigenvalue weighted by Gasteiger charge is 2.57. The van der Waals surface area contributed by atoms with Gasteiger partial charge >= 0.3 is 11.9 Å². The number of ether oxygens (including phenoxy) is 3. The van der Waals surface area contributed by atoms with Crippen molar-refractivity contribution in [3.63, 3.8) is 0 Å². The maximum absolute atomic E-state index is 12.1. The zero-order valence-corrected chi connectivity index (χ0v) is 17.6. The molecule has 33 heavy (non-hydrogen) atoms. The van der Waals surface area contributed by atoms with Gasteiger partial charge in [0, 0.05) is 44.3 Å². The molecule has 1 saturated heterocycles. The molecule has 2 aliphatic heterocycles. The molecule has 0 aliphatic carbocycles. The van der Waals surface area contributed by atoms with Crippen LogP contribution >= 0.6 is 0 Å². The third-order valence-electron chi connectivity index (χ3n) is 5.63. The molecule has 1 aromatic carbocycles. The number of hydrogen-bond acceptors (Lipinski definition) is 11. The van der Waals surface area contributed by atoms with E-state index in [0.29, 0.717) is 43.1 Å². The van der Waals surface area contributed by atoms with Gasteiger partial charge < -0.3 is 39.5 Å². The highest BCUT2D eigenvalue weighted by molar-refractivity contribution is 5.52. The number of nitrogens with zero attached hydrogens (tertiary/aromatic N) is 4. The van der Waals surface area contributed by atoms with Gasteiger partial charge in [-0.25, -0.2) is 4.98 Å². The lowest BCUT2D eigenvalue weighted by Crippen LogP contribution is -2.63. The molecule has 4 heterocycles. The van der Waals surface area contributed by atoms with E-state index in [-0.39, 0.29) is 23.2 Å². The molecule has 3 aromatic rings. The fourth-order valence-corrected chi connectivity index (χ4v) is 3.90. The lowest BCUT2D eigenvalue weighted by atomic mass is 10.1. The van der Waals surface area contributed by atoms with Gasteiger partial charge in [0.1, 0.15) is 11.9 Å². The largest absolute Gasteiger partial charge is 0.490 e. The first kappa shape index (κ1) is 21.4. The molecule has 0 unspecified atom stereocenters. The van der Waals surface area contributed by atoms with Crippen LogP contribution < -0.4 is 24.7 Å². The summed E-state index contributed by atoms with van der Waals surface area (Å²) in [4.78, 5) is 18.4. The molecule has 174 valence electrons. The molecule has 5 rings (SSSR count). The predicted octanol–water partition coefficient (Wildman–Crippen LogP) is -0.506. The fraction of sp³-hybridized carbons (Fsp3) is 0.381. The van der Waals surface area contributed by atoms with Crippen molar-refractivity contribution in [3.05, 3.63) is 52.4 Å². The molecule has 2 aliphatic rings. The van der Waals surface area contributed by atoms with Crippen LogP contribution in [-0.2, 0) is 0 Å². The van der Waals surface area contributed by atoms with Crippen molar-refractivity contribution in [2.24, 2.45) is 0 Å². The van der Waals surface area contributed by atoms with Gasteiger partial charge in [-0.05, 0) is 30.7 Å². The van der Waals surface area contributed by atoms with E-state index in [2.05, 4.69) is 15.0 Å². The van der Waals surface area contributed by atoms with Gasteiger partial charge in [0.05, 0.1) is 0 Å². The van der Waals surface area contributed by atoms with Gasteiger partial charge in [0.25, 0.3) is 5.56 Å². The molecule has 1 fully saturated rings. The van der Waals surface area contributed by atoms with E-state index in [1.807, 2.05) is 13.0 Å². The van der Waals surface area contributed by atoms with E-state index in [0.717, 1.165) is 5.56 Å². The zero-order chi connectivity index (χ0) is 23.4. The summed E-state index contributed by atoms with van der Waals surface area (Å²) < 4.78 is 16.9. The van der Waals surface area contributed by atoms with Crippen molar-refractivity contribution in [2.45, 2.75) is 37.8 Å². The Morgan fingerprint density at radius 3 is 2.45 bits per heavy atom. The topological polar surface area (TPSA) is 159 Å². The quantitative estimate of drug-likeness (QED) is 0.375. The SMILES string of the molecule is Cc1cc2nccc(=O)n2nc1N1CCC(Oc2ccc3c(c2)OC(O)(O)C(O)(O)O3)CC1. The molecule has 0 bridgehead atoms. The maximum atomic E-state index is 12.1. The van der Waals surface area contributed by atoms with Crippen LogP contribution in [0.25, 0.3) is 5.65 Å². The average molecular weight is 458 g/mol. The predicted molar refractivity (Wildman–Crippen MR) is 112 cm³/mol. The minimum absolute atomic E-state index is 0.0801. The van der Waals surface area contributed by atoms with Gasteiger partial charge in [0.15, 0.2) is 23.0 Å². The molecular weight excluding hydrogens is 436 g/mol. The van der Waals surface area contributed by atoms with E-state index < -0.39 is 11.9 Å². The van der Waals surface area contributed by atoms with Crippen LogP contribution in [0.15, 0.2) is 41.3 Å². The Morgan fingerprint density at radius 1 is 1.03 bits per heavy atom. The Hall–Kier alpha value is -3.45.